The Morgan fingerprint density at radius 3 is 2.49 bits per heavy atom. The van der Waals surface area contributed by atoms with E-state index in [1.54, 1.807) is 6.07 Å². The minimum absolute atomic E-state index is 0.0152. The fraction of sp³-hybridized carbons (Fsp3) is 0.240. The number of hydrogen-bond donors (Lipinski definition) is 2. The SMILES string of the molecule is Cc1cc(C)c(Oc2nc(C3=CCCCO3)ccc2C(=O)NS(=O)(=O)c2cccc(N)n2)c(C)c1. The number of amides is 1. The number of rotatable bonds is 6. The summed E-state index contributed by atoms with van der Waals surface area (Å²) in [7, 11) is -4.28. The molecule has 182 valence electrons. The van der Waals surface area contributed by atoms with E-state index in [1.165, 1.54) is 24.3 Å². The van der Waals surface area contributed by atoms with Gasteiger partial charge in [-0.2, -0.15) is 8.42 Å². The van der Waals surface area contributed by atoms with Crippen LogP contribution < -0.4 is 15.2 Å². The molecule has 3 aromatic rings. The van der Waals surface area contributed by atoms with Gasteiger partial charge in [0.15, 0.2) is 5.03 Å². The van der Waals surface area contributed by atoms with Gasteiger partial charge in [0.1, 0.15) is 28.6 Å². The number of anilines is 1. The fourth-order valence-corrected chi connectivity index (χ4v) is 4.74. The molecule has 9 nitrogen and oxygen atoms in total. The van der Waals surface area contributed by atoms with Crippen LogP contribution in [0.3, 0.4) is 0 Å². The van der Waals surface area contributed by atoms with E-state index in [-0.39, 0.29) is 22.3 Å². The molecule has 3 heterocycles. The molecule has 0 aliphatic carbocycles. The summed E-state index contributed by atoms with van der Waals surface area (Å²) in [4.78, 5) is 21.4. The third kappa shape index (κ3) is 5.43. The molecule has 0 radical (unpaired) electrons. The Kier molecular flexibility index (Phi) is 6.74. The first kappa shape index (κ1) is 24.2. The Hall–Kier alpha value is -3.92. The van der Waals surface area contributed by atoms with Crippen molar-refractivity contribution in [2.24, 2.45) is 0 Å². The maximum absolute atomic E-state index is 13.1. The molecule has 1 aromatic carbocycles. The number of aromatic nitrogens is 2. The maximum atomic E-state index is 13.1. The monoisotopic (exact) mass is 494 g/mol. The van der Waals surface area contributed by atoms with Crippen LogP contribution in [0.2, 0.25) is 0 Å². The molecule has 2 aromatic heterocycles. The van der Waals surface area contributed by atoms with Gasteiger partial charge in [0, 0.05) is 0 Å². The number of nitrogens with one attached hydrogen (secondary N) is 1. The van der Waals surface area contributed by atoms with E-state index in [2.05, 4.69) is 9.97 Å². The fourth-order valence-electron chi connectivity index (χ4n) is 3.80. The predicted molar refractivity (Wildman–Crippen MR) is 131 cm³/mol. The van der Waals surface area contributed by atoms with Crippen molar-refractivity contribution in [3.63, 3.8) is 0 Å². The van der Waals surface area contributed by atoms with Crippen molar-refractivity contribution in [1.82, 2.24) is 14.7 Å². The molecule has 0 fully saturated rings. The number of carbonyl (C=O) groups is 1. The highest BCUT2D eigenvalue weighted by atomic mass is 32.2. The second kappa shape index (κ2) is 9.75. The molecule has 1 aliphatic heterocycles. The van der Waals surface area contributed by atoms with Gasteiger partial charge in [-0.3, -0.25) is 4.79 Å². The molecule has 0 unspecified atom stereocenters. The summed E-state index contributed by atoms with van der Waals surface area (Å²) in [6.45, 7) is 6.32. The first-order valence-corrected chi connectivity index (χ1v) is 12.5. The Balaban J connectivity index is 1.74. The van der Waals surface area contributed by atoms with Crippen molar-refractivity contribution in [2.45, 2.75) is 38.6 Å². The summed E-state index contributed by atoms with van der Waals surface area (Å²) in [5.74, 6) is 0.182. The van der Waals surface area contributed by atoms with Crippen LogP contribution in [0.5, 0.6) is 11.6 Å². The van der Waals surface area contributed by atoms with Crippen molar-refractivity contribution >= 4 is 27.5 Å². The van der Waals surface area contributed by atoms with Gasteiger partial charge in [-0.25, -0.2) is 14.7 Å². The van der Waals surface area contributed by atoms with Crippen LogP contribution in [0.4, 0.5) is 5.82 Å². The van der Waals surface area contributed by atoms with E-state index in [4.69, 9.17) is 15.2 Å². The quantitative estimate of drug-likeness (QED) is 0.524. The highest BCUT2D eigenvalue weighted by molar-refractivity contribution is 7.90. The lowest BCUT2D eigenvalue weighted by Gasteiger charge is -2.18. The van der Waals surface area contributed by atoms with Gasteiger partial charge >= 0.3 is 0 Å². The molecule has 1 amide bonds. The van der Waals surface area contributed by atoms with Gasteiger partial charge in [0.2, 0.25) is 5.88 Å². The van der Waals surface area contributed by atoms with Crippen LogP contribution in [0, 0.1) is 20.8 Å². The number of benzene rings is 1. The lowest BCUT2D eigenvalue weighted by Crippen LogP contribution is -2.31. The Morgan fingerprint density at radius 2 is 1.83 bits per heavy atom. The number of nitrogens with two attached hydrogens (primary N) is 1. The molecule has 3 N–H and O–H groups in total. The van der Waals surface area contributed by atoms with Gasteiger partial charge in [-0.05, 0) is 75.1 Å². The van der Waals surface area contributed by atoms with Crippen LogP contribution in [0.15, 0.2) is 53.6 Å². The zero-order valence-corrected chi connectivity index (χ0v) is 20.5. The van der Waals surface area contributed by atoms with Crippen molar-refractivity contribution < 1.29 is 22.7 Å². The van der Waals surface area contributed by atoms with E-state index in [1.807, 2.05) is 43.7 Å². The maximum Gasteiger partial charge on any atom is 0.281 e. The second-order valence-corrected chi connectivity index (χ2v) is 9.90. The van der Waals surface area contributed by atoms with E-state index in [0.717, 1.165) is 29.5 Å². The summed E-state index contributed by atoms with van der Waals surface area (Å²) in [6.07, 6.45) is 3.68. The number of sulfonamides is 1. The number of ether oxygens (including phenoxy) is 2. The molecule has 0 bridgehead atoms. The van der Waals surface area contributed by atoms with Gasteiger partial charge in [0.05, 0.1) is 6.61 Å². The number of allylic oxidation sites excluding steroid dienone is 1. The topological polar surface area (TPSA) is 134 Å². The molecular weight excluding hydrogens is 468 g/mol. The molecule has 0 saturated heterocycles. The first-order valence-electron chi connectivity index (χ1n) is 11.0. The zero-order chi connectivity index (χ0) is 25.2. The highest BCUT2D eigenvalue weighted by Gasteiger charge is 2.25. The molecule has 4 rings (SSSR count). The number of nitrogen functional groups attached to an aromatic ring is 1. The van der Waals surface area contributed by atoms with Gasteiger partial charge in [-0.15, -0.1) is 0 Å². The second-order valence-electron chi connectivity index (χ2n) is 8.27. The summed E-state index contributed by atoms with van der Waals surface area (Å²) < 4.78 is 39.4. The normalized spacial score (nSPS) is 13.5. The Bertz CT molecular complexity index is 1410. The number of aryl methyl sites for hydroxylation is 3. The van der Waals surface area contributed by atoms with E-state index >= 15 is 0 Å². The third-order valence-corrected chi connectivity index (χ3v) is 6.58. The molecular formula is C25H26N4O5S. The summed E-state index contributed by atoms with van der Waals surface area (Å²) >= 11 is 0. The van der Waals surface area contributed by atoms with Crippen molar-refractivity contribution in [3.05, 3.63) is 76.5 Å². The minimum Gasteiger partial charge on any atom is -0.492 e. The first-order chi connectivity index (χ1) is 16.6. The number of pyridine rings is 2. The van der Waals surface area contributed by atoms with Crippen LogP contribution in [0.25, 0.3) is 5.76 Å². The molecule has 10 heteroatoms. The van der Waals surface area contributed by atoms with Crippen molar-refractivity contribution in [3.8, 4) is 11.6 Å². The van der Waals surface area contributed by atoms with E-state index in [9.17, 15) is 13.2 Å². The van der Waals surface area contributed by atoms with Gasteiger partial charge in [0.25, 0.3) is 15.9 Å². The Morgan fingerprint density at radius 1 is 1.09 bits per heavy atom. The van der Waals surface area contributed by atoms with Crippen LogP contribution in [0.1, 0.15) is 45.6 Å². The van der Waals surface area contributed by atoms with Gasteiger partial charge < -0.3 is 15.2 Å². The summed E-state index contributed by atoms with van der Waals surface area (Å²) in [5, 5.41) is -0.371. The largest absolute Gasteiger partial charge is 0.492 e. The summed E-state index contributed by atoms with van der Waals surface area (Å²) in [5.41, 5.74) is 8.79. The summed E-state index contributed by atoms with van der Waals surface area (Å²) in [6, 6.07) is 11.1. The lowest BCUT2D eigenvalue weighted by atomic mass is 10.1. The highest BCUT2D eigenvalue weighted by Crippen LogP contribution is 2.32. The lowest BCUT2D eigenvalue weighted by molar-refractivity contribution is 0.0978. The van der Waals surface area contributed by atoms with E-state index in [0.29, 0.717) is 23.8 Å². The number of carbonyl (C=O) groups excluding carboxylic acids is 1. The molecule has 1 aliphatic rings. The van der Waals surface area contributed by atoms with Crippen LogP contribution in [-0.4, -0.2) is 30.9 Å². The zero-order valence-electron chi connectivity index (χ0n) is 19.7. The average Bonchev–Trinajstić information content (AvgIpc) is 2.81. The molecule has 0 spiro atoms. The number of nitrogens with zero attached hydrogens (tertiary/aromatic N) is 2. The van der Waals surface area contributed by atoms with Crippen molar-refractivity contribution in [1.29, 1.82) is 0 Å². The Labute approximate surface area is 204 Å². The van der Waals surface area contributed by atoms with Crippen molar-refractivity contribution in [2.75, 3.05) is 12.3 Å². The third-order valence-electron chi connectivity index (χ3n) is 5.34. The minimum atomic E-state index is -4.28. The molecule has 0 atom stereocenters. The molecule has 35 heavy (non-hydrogen) atoms. The van der Waals surface area contributed by atoms with Crippen LogP contribution in [-0.2, 0) is 14.8 Å². The molecule has 0 saturated carbocycles. The van der Waals surface area contributed by atoms with Gasteiger partial charge in [-0.1, -0.05) is 23.8 Å². The average molecular weight is 495 g/mol. The van der Waals surface area contributed by atoms with E-state index < -0.39 is 15.9 Å². The number of hydrogen-bond acceptors (Lipinski definition) is 8. The van der Waals surface area contributed by atoms with Crippen LogP contribution >= 0.6 is 0 Å². The standard InChI is InChI=1S/C25H26N4O5S/c1-15-13-16(2)23(17(3)14-15)34-25-18(10-11-19(27-25)20-7-4-5-12-33-20)24(30)29-35(31,32)22-9-6-8-21(26)28-22/h6-11,13-14H,4-5,12H2,1-3H3,(H2,26,28)(H,29,30). The smallest absolute Gasteiger partial charge is 0.281 e. The predicted octanol–water partition coefficient (Wildman–Crippen LogP) is 4.05.